The van der Waals surface area contributed by atoms with Crippen molar-refractivity contribution >= 4 is 5.97 Å². The van der Waals surface area contributed by atoms with E-state index in [-0.39, 0.29) is 0 Å². The molecule has 2 N–H and O–H groups in total. The monoisotopic (exact) mass is 235 g/mol. The summed E-state index contributed by atoms with van der Waals surface area (Å²) in [5.41, 5.74) is 2.24. The Bertz CT molecular complexity index is 413. The van der Waals surface area contributed by atoms with Gasteiger partial charge in [0, 0.05) is 24.7 Å². The molecule has 0 aromatic heterocycles. The average molecular weight is 235 g/mol. The zero-order valence-electron chi connectivity index (χ0n) is 10.1. The highest BCUT2D eigenvalue weighted by molar-refractivity contribution is 5.79. The van der Waals surface area contributed by atoms with Crippen LogP contribution < -0.4 is 10.1 Å². The number of nitrogens with one attached hydrogen (secondary N) is 1. The summed E-state index contributed by atoms with van der Waals surface area (Å²) in [6.07, 6.45) is 2.70. The molecule has 0 amide bonds. The maximum absolute atomic E-state index is 10.2. The van der Waals surface area contributed by atoms with Crippen LogP contribution in [0.4, 0.5) is 0 Å². The Kier molecular flexibility index (Phi) is 5.23. The van der Waals surface area contributed by atoms with E-state index < -0.39 is 5.97 Å². The molecule has 0 aliphatic heterocycles. The summed E-state index contributed by atoms with van der Waals surface area (Å²) in [5.74, 6) is -0.0924. The first-order chi connectivity index (χ1) is 8.13. The average Bonchev–Trinajstić information content (AvgIpc) is 2.28. The Labute approximate surface area is 101 Å². The van der Waals surface area contributed by atoms with Gasteiger partial charge in [-0.05, 0) is 13.0 Å². The number of ether oxygens (including phenoxy) is 1. The zero-order valence-corrected chi connectivity index (χ0v) is 10.1. The van der Waals surface area contributed by atoms with Gasteiger partial charge in [0.1, 0.15) is 5.75 Å². The van der Waals surface area contributed by atoms with Crippen LogP contribution in [0, 0.1) is 6.92 Å². The number of rotatable bonds is 6. The van der Waals surface area contributed by atoms with Crippen LogP contribution in [0.5, 0.6) is 5.75 Å². The van der Waals surface area contributed by atoms with Gasteiger partial charge in [0.15, 0.2) is 0 Å². The van der Waals surface area contributed by atoms with Gasteiger partial charge in [0.05, 0.1) is 7.11 Å². The standard InChI is InChI=1S/C13H17NO3/c1-10-5-6-12(17-2)11(8-10)9-14-7-3-4-13(15)16/h3-6,8,14H,7,9H2,1-2H3,(H,15,16)/b4-3+. The van der Waals surface area contributed by atoms with E-state index in [1.165, 1.54) is 5.56 Å². The summed E-state index contributed by atoms with van der Waals surface area (Å²) in [7, 11) is 1.64. The van der Waals surface area contributed by atoms with Gasteiger partial charge in [-0.25, -0.2) is 4.79 Å². The second-order valence-electron chi connectivity index (χ2n) is 3.69. The van der Waals surface area contributed by atoms with Crippen LogP contribution in [-0.2, 0) is 11.3 Å². The molecule has 0 heterocycles. The predicted octanol–water partition coefficient (Wildman–Crippen LogP) is 1.73. The molecular formula is C13H17NO3. The van der Waals surface area contributed by atoms with Crippen LogP contribution >= 0.6 is 0 Å². The molecule has 0 spiro atoms. The number of aliphatic carboxylic acids is 1. The first-order valence-electron chi connectivity index (χ1n) is 5.37. The Hall–Kier alpha value is -1.81. The Balaban J connectivity index is 2.51. The van der Waals surface area contributed by atoms with Gasteiger partial charge in [-0.3, -0.25) is 0 Å². The number of hydrogen-bond donors (Lipinski definition) is 2. The first kappa shape index (κ1) is 13.3. The van der Waals surface area contributed by atoms with Crippen LogP contribution in [0.3, 0.4) is 0 Å². The maximum atomic E-state index is 10.2. The van der Waals surface area contributed by atoms with Crippen LogP contribution in [-0.4, -0.2) is 24.7 Å². The minimum Gasteiger partial charge on any atom is -0.496 e. The lowest BCUT2D eigenvalue weighted by Crippen LogP contribution is -2.14. The van der Waals surface area contributed by atoms with Gasteiger partial charge in [-0.15, -0.1) is 0 Å². The fourth-order valence-electron chi connectivity index (χ4n) is 1.50. The van der Waals surface area contributed by atoms with E-state index in [1.807, 2.05) is 25.1 Å². The molecule has 1 rings (SSSR count). The largest absolute Gasteiger partial charge is 0.496 e. The lowest BCUT2D eigenvalue weighted by Gasteiger charge is -2.09. The number of carboxylic acid groups (broad SMARTS) is 1. The molecule has 0 fully saturated rings. The minimum atomic E-state index is -0.931. The third-order valence-corrected chi connectivity index (χ3v) is 2.27. The van der Waals surface area contributed by atoms with E-state index >= 15 is 0 Å². The maximum Gasteiger partial charge on any atom is 0.328 e. The highest BCUT2D eigenvalue weighted by Gasteiger charge is 2.01. The number of benzene rings is 1. The van der Waals surface area contributed by atoms with E-state index in [4.69, 9.17) is 9.84 Å². The summed E-state index contributed by atoms with van der Waals surface area (Å²) in [5, 5.41) is 11.5. The molecule has 17 heavy (non-hydrogen) atoms. The summed E-state index contributed by atoms with van der Waals surface area (Å²) >= 11 is 0. The van der Waals surface area contributed by atoms with Crippen molar-refractivity contribution in [3.05, 3.63) is 41.5 Å². The lowest BCUT2D eigenvalue weighted by atomic mass is 10.1. The molecule has 0 saturated carbocycles. The molecule has 4 heteroatoms. The summed E-state index contributed by atoms with van der Waals surface area (Å²) in [4.78, 5) is 10.2. The Morgan fingerprint density at radius 1 is 1.53 bits per heavy atom. The van der Waals surface area contributed by atoms with Gasteiger partial charge >= 0.3 is 5.97 Å². The smallest absolute Gasteiger partial charge is 0.328 e. The summed E-state index contributed by atoms with van der Waals surface area (Å²) < 4.78 is 5.24. The van der Waals surface area contributed by atoms with Crippen molar-refractivity contribution in [1.82, 2.24) is 5.32 Å². The molecule has 0 radical (unpaired) electrons. The van der Waals surface area contributed by atoms with Crippen molar-refractivity contribution in [1.29, 1.82) is 0 Å². The molecule has 92 valence electrons. The fourth-order valence-corrected chi connectivity index (χ4v) is 1.50. The molecule has 0 unspecified atom stereocenters. The number of hydrogen-bond acceptors (Lipinski definition) is 3. The van der Waals surface area contributed by atoms with Crippen molar-refractivity contribution in [2.24, 2.45) is 0 Å². The second-order valence-corrected chi connectivity index (χ2v) is 3.69. The van der Waals surface area contributed by atoms with E-state index in [0.717, 1.165) is 17.4 Å². The molecule has 1 aromatic carbocycles. The molecule has 1 aromatic rings. The topological polar surface area (TPSA) is 58.6 Å². The van der Waals surface area contributed by atoms with Gasteiger partial charge in [-0.1, -0.05) is 23.8 Å². The van der Waals surface area contributed by atoms with Crippen molar-refractivity contribution in [2.75, 3.05) is 13.7 Å². The zero-order chi connectivity index (χ0) is 12.7. The molecule has 4 nitrogen and oxygen atoms in total. The van der Waals surface area contributed by atoms with Gasteiger partial charge in [0.2, 0.25) is 0 Å². The number of aryl methyl sites for hydroxylation is 1. The van der Waals surface area contributed by atoms with Gasteiger partial charge < -0.3 is 15.2 Å². The van der Waals surface area contributed by atoms with Crippen LogP contribution in [0.15, 0.2) is 30.4 Å². The van der Waals surface area contributed by atoms with Crippen LogP contribution in [0.25, 0.3) is 0 Å². The van der Waals surface area contributed by atoms with Crippen molar-refractivity contribution in [3.8, 4) is 5.75 Å². The van der Waals surface area contributed by atoms with Crippen molar-refractivity contribution in [3.63, 3.8) is 0 Å². The summed E-state index contributed by atoms with van der Waals surface area (Å²) in [6.45, 7) is 3.19. The highest BCUT2D eigenvalue weighted by Crippen LogP contribution is 2.19. The van der Waals surface area contributed by atoms with Crippen molar-refractivity contribution in [2.45, 2.75) is 13.5 Å². The SMILES string of the molecule is COc1ccc(C)cc1CNC/C=C/C(=O)O. The van der Waals surface area contributed by atoms with E-state index in [1.54, 1.807) is 13.2 Å². The quantitative estimate of drug-likeness (QED) is 0.582. The molecule has 0 saturated heterocycles. The number of carbonyl (C=O) groups is 1. The molecule has 0 atom stereocenters. The molecular weight excluding hydrogens is 218 g/mol. The normalized spacial score (nSPS) is 10.7. The Morgan fingerprint density at radius 3 is 2.94 bits per heavy atom. The Morgan fingerprint density at radius 2 is 2.29 bits per heavy atom. The van der Waals surface area contributed by atoms with E-state index in [9.17, 15) is 4.79 Å². The fraction of sp³-hybridized carbons (Fsp3) is 0.308. The summed E-state index contributed by atoms with van der Waals surface area (Å²) in [6, 6.07) is 5.97. The van der Waals surface area contributed by atoms with Gasteiger partial charge in [-0.2, -0.15) is 0 Å². The third kappa shape index (κ3) is 4.70. The van der Waals surface area contributed by atoms with Crippen LogP contribution in [0.1, 0.15) is 11.1 Å². The van der Waals surface area contributed by atoms with Crippen LogP contribution in [0.2, 0.25) is 0 Å². The molecule has 0 aliphatic rings. The number of carboxylic acids is 1. The van der Waals surface area contributed by atoms with E-state index in [2.05, 4.69) is 5.32 Å². The first-order valence-corrected chi connectivity index (χ1v) is 5.37. The highest BCUT2D eigenvalue weighted by atomic mass is 16.5. The predicted molar refractivity (Wildman–Crippen MR) is 66.2 cm³/mol. The van der Waals surface area contributed by atoms with Gasteiger partial charge in [0.25, 0.3) is 0 Å². The third-order valence-electron chi connectivity index (χ3n) is 2.27. The lowest BCUT2D eigenvalue weighted by molar-refractivity contribution is -0.131. The second kappa shape index (κ2) is 6.70. The van der Waals surface area contributed by atoms with E-state index in [0.29, 0.717) is 13.1 Å². The van der Waals surface area contributed by atoms with Crippen molar-refractivity contribution < 1.29 is 14.6 Å². The minimum absolute atomic E-state index is 0.517. The molecule has 0 bridgehead atoms. The molecule has 0 aliphatic carbocycles. The number of methoxy groups -OCH3 is 1.